The van der Waals surface area contributed by atoms with Gasteiger partial charge in [-0.2, -0.15) is 5.26 Å². The number of hydrogen-bond donors (Lipinski definition) is 2. The number of likely N-dealkylation sites (tertiary alicyclic amines) is 1. The number of nitrogens with one attached hydrogen (secondary N) is 2. The van der Waals surface area contributed by atoms with E-state index in [0.717, 1.165) is 11.1 Å². The van der Waals surface area contributed by atoms with Crippen LogP contribution < -0.4 is 10.6 Å². The number of hydrogen-bond acceptors (Lipinski definition) is 8. The molecule has 14 heteroatoms. The number of halogens is 4. The maximum Gasteiger partial charge on any atom is 0.410 e. The van der Waals surface area contributed by atoms with Gasteiger partial charge in [-0.15, -0.1) is 5.10 Å². The van der Waals surface area contributed by atoms with E-state index in [9.17, 15) is 14.4 Å². The molecule has 10 nitrogen and oxygen atoms in total. The molecule has 1 atom stereocenters. The zero-order valence-electron chi connectivity index (χ0n) is 27.4. The number of carbonyl (C=O) groups excluding carboxylic acids is 1. The second-order valence-corrected chi connectivity index (χ2v) is 13.6. The molecule has 0 unspecified atom stereocenters. The molecule has 1 amide bonds. The van der Waals surface area contributed by atoms with Crippen LogP contribution in [0.25, 0.3) is 10.9 Å². The fourth-order valence-electron chi connectivity index (χ4n) is 6.18. The van der Waals surface area contributed by atoms with Gasteiger partial charge in [-0.3, -0.25) is 4.98 Å². The van der Waals surface area contributed by atoms with Crippen LogP contribution in [-0.2, 0) is 11.3 Å². The lowest BCUT2D eigenvalue weighted by Crippen LogP contribution is -2.39. The van der Waals surface area contributed by atoms with Crippen molar-refractivity contribution in [3.05, 3.63) is 141 Å². The number of fused-ring (bicyclic) bond motifs is 1. The highest BCUT2D eigenvalue weighted by atomic mass is 35.5. The van der Waals surface area contributed by atoms with Crippen molar-refractivity contribution in [3.8, 4) is 6.07 Å². The molecule has 0 radical (unpaired) electrons. The van der Waals surface area contributed by atoms with E-state index in [0.29, 0.717) is 69.6 Å². The van der Waals surface area contributed by atoms with Crippen LogP contribution in [0, 0.1) is 17.1 Å². The standard InChI is InChI=1S/C38H30Cl3FN8O2/c39-26-8-6-24(7-9-26)36(34-21-50(48-47-34)29-12-14-49(15-13-29)38(51)52-22-23-4-2-1-3-5-23)46-33-17-27(40)16-30-35(25(19-43)20-44-37(30)33)45-28-10-11-32(42)31(41)18-28/h1-11,16-18,20-21,29,36,46H,12-15,22H2,(H,44,45)/t36-/m1/s1. The maximum absolute atomic E-state index is 13.9. The van der Waals surface area contributed by atoms with Gasteiger partial charge in [0.15, 0.2) is 0 Å². The number of amides is 1. The van der Waals surface area contributed by atoms with Crippen LogP contribution in [0.2, 0.25) is 15.1 Å². The van der Waals surface area contributed by atoms with E-state index >= 15 is 0 Å². The Morgan fingerprint density at radius 2 is 1.77 bits per heavy atom. The third-order valence-electron chi connectivity index (χ3n) is 8.87. The van der Waals surface area contributed by atoms with Gasteiger partial charge in [0.25, 0.3) is 0 Å². The third kappa shape index (κ3) is 7.75. The summed E-state index contributed by atoms with van der Waals surface area (Å²) in [4.78, 5) is 19.1. The molecular weight excluding hydrogens is 726 g/mol. The van der Waals surface area contributed by atoms with Crippen molar-refractivity contribution in [2.24, 2.45) is 0 Å². The van der Waals surface area contributed by atoms with Crippen LogP contribution in [0.1, 0.15) is 47.3 Å². The Morgan fingerprint density at radius 3 is 2.50 bits per heavy atom. The van der Waals surface area contributed by atoms with Crippen molar-refractivity contribution in [1.29, 1.82) is 5.26 Å². The predicted octanol–water partition coefficient (Wildman–Crippen LogP) is 9.72. The van der Waals surface area contributed by atoms with Crippen molar-refractivity contribution in [3.63, 3.8) is 0 Å². The molecule has 0 aliphatic carbocycles. The van der Waals surface area contributed by atoms with Crippen molar-refractivity contribution in [2.75, 3.05) is 23.7 Å². The van der Waals surface area contributed by atoms with Crippen LogP contribution in [0.15, 0.2) is 97.3 Å². The topological polar surface area (TPSA) is 121 Å². The minimum absolute atomic E-state index is 0.0250. The number of aromatic nitrogens is 4. The van der Waals surface area contributed by atoms with Crippen molar-refractivity contribution in [1.82, 2.24) is 24.9 Å². The molecule has 2 aromatic heterocycles. The smallest absolute Gasteiger partial charge is 0.410 e. The Balaban J connectivity index is 1.15. The SMILES string of the molecule is N#Cc1cnc2c(N[C@H](c3ccc(Cl)cc3)c3cn(C4CCN(C(=O)OCc5ccccc5)CC4)nn3)cc(Cl)cc2c1Nc1ccc(F)c(Cl)c1. The van der Waals surface area contributed by atoms with Gasteiger partial charge in [0.05, 0.1) is 45.8 Å². The van der Waals surface area contributed by atoms with E-state index in [4.69, 9.17) is 39.5 Å². The Bertz CT molecular complexity index is 2270. The normalized spacial score (nSPS) is 13.8. The molecule has 3 heterocycles. The zero-order valence-corrected chi connectivity index (χ0v) is 29.7. The van der Waals surface area contributed by atoms with Gasteiger partial charge in [-0.25, -0.2) is 13.9 Å². The van der Waals surface area contributed by atoms with E-state index in [1.54, 1.807) is 29.2 Å². The highest BCUT2D eigenvalue weighted by Crippen LogP contribution is 2.38. The average Bonchev–Trinajstić information content (AvgIpc) is 3.65. The number of nitrogens with zero attached hydrogens (tertiary/aromatic N) is 6. The summed E-state index contributed by atoms with van der Waals surface area (Å²) in [7, 11) is 0. The van der Waals surface area contributed by atoms with Gasteiger partial charge >= 0.3 is 6.09 Å². The molecule has 7 rings (SSSR count). The largest absolute Gasteiger partial charge is 0.445 e. The number of nitriles is 1. The van der Waals surface area contributed by atoms with Crippen molar-refractivity contribution >= 4 is 68.9 Å². The number of ether oxygens (including phenoxy) is 1. The highest BCUT2D eigenvalue weighted by molar-refractivity contribution is 6.32. The van der Waals surface area contributed by atoms with E-state index in [-0.39, 0.29) is 29.3 Å². The zero-order chi connectivity index (χ0) is 36.2. The summed E-state index contributed by atoms with van der Waals surface area (Å²) in [5.74, 6) is -0.559. The summed E-state index contributed by atoms with van der Waals surface area (Å²) in [5.41, 5.74) is 4.70. The lowest BCUT2D eigenvalue weighted by molar-refractivity contribution is 0.0820. The van der Waals surface area contributed by atoms with Crippen LogP contribution >= 0.6 is 34.8 Å². The lowest BCUT2D eigenvalue weighted by Gasteiger charge is -2.31. The summed E-state index contributed by atoms with van der Waals surface area (Å²) >= 11 is 19.0. The first-order valence-electron chi connectivity index (χ1n) is 16.4. The number of anilines is 3. The third-order valence-corrected chi connectivity index (χ3v) is 9.63. The fourth-order valence-corrected chi connectivity index (χ4v) is 6.70. The van der Waals surface area contributed by atoms with Crippen LogP contribution in [0.5, 0.6) is 0 Å². The van der Waals surface area contributed by atoms with E-state index in [1.807, 2.05) is 53.3 Å². The summed E-state index contributed by atoms with van der Waals surface area (Å²) in [6.45, 7) is 1.28. The molecule has 6 aromatic rings. The molecule has 1 aliphatic rings. The van der Waals surface area contributed by atoms with Gasteiger partial charge in [0.2, 0.25) is 0 Å². The summed E-state index contributed by atoms with van der Waals surface area (Å²) in [5, 5.41) is 27.3. The number of piperidine rings is 1. The Hall–Kier alpha value is -5.41. The molecule has 0 spiro atoms. The van der Waals surface area contributed by atoms with E-state index in [2.05, 4.69) is 32.0 Å². The van der Waals surface area contributed by atoms with Crippen LogP contribution in [0.4, 0.5) is 26.2 Å². The molecule has 1 fully saturated rings. The summed E-state index contributed by atoms with van der Waals surface area (Å²) in [6.07, 6.45) is 4.40. The van der Waals surface area contributed by atoms with Gasteiger partial charge in [0.1, 0.15) is 24.2 Å². The molecule has 0 bridgehead atoms. The monoisotopic (exact) mass is 754 g/mol. The molecule has 0 saturated carbocycles. The van der Waals surface area contributed by atoms with Gasteiger partial charge in [0, 0.05) is 40.4 Å². The Labute approximate surface area is 313 Å². The molecular formula is C38H30Cl3FN8O2. The Morgan fingerprint density at radius 1 is 1.00 bits per heavy atom. The van der Waals surface area contributed by atoms with Crippen LogP contribution in [0.3, 0.4) is 0 Å². The summed E-state index contributed by atoms with van der Waals surface area (Å²) in [6, 6.07) is 26.3. The molecule has 52 heavy (non-hydrogen) atoms. The van der Waals surface area contributed by atoms with Gasteiger partial charge in [-0.1, -0.05) is 82.5 Å². The Kier molecular flexibility index (Phi) is 10.4. The maximum atomic E-state index is 13.9. The molecule has 1 saturated heterocycles. The molecule has 2 N–H and O–H groups in total. The number of benzene rings is 4. The number of pyridine rings is 1. The first kappa shape index (κ1) is 35.0. The van der Waals surface area contributed by atoms with Crippen molar-refractivity contribution < 1.29 is 13.9 Å². The van der Waals surface area contributed by atoms with Crippen molar-refractivity contribution in [2.45, 2.75) is 31.5 Å². The minimum atomic E-state index is -0.559. The molecule has 4 aromatic carbocycles. The van der Waals surface area contributed by atoms with E-state index in [1.165, 1.54) is 24.4 Å². The second-order valence-electron chi connectivity index (χ2n) is 12.3. The molecule has 262 valence electrons. The van der Waals surface area contributed by atoms with Gasteiger partial charge < -0.3 is 20.3 Å². The highest BCUT2D eigenvalue weighted by Gasteiger charge is 2.27. The number of rotatable bonds is 9. The second kappa shape index (κ2) is 15.5. The molecule has 1 aliphatic heterocycles. The quantitative estimate of drug-likeness (QED) is 0.150. The average molecular weight is 756 g/mol. The number of carbonyl (C=O) groups is 1. The minimum Gasteiger partial charge on any atom is -0.445 e. The van der Waals surface area contributed by atoms with E-state index < -0.39 is 11.9 Å². The van der Waals surface area contributed by atoms with Gasteiger partial charge in [-0.05, 0) is 66.4 Å². The summed E-state index contributed by atoms with van der Waals surface area (Å²) < 4.78 is 21.3. The first-order valence-corrected chi connectivity index (χ1v) is 17.5. The first-order chi connectivity index (χ1) is 25.2. The van der Waals surface area contributed by atoms with Crippen LogP contribution in [-0.4, -0.2) is 44.1 Å². The lowest BCUT2D eigenvalue weighted by atomic mass is 10.0. The fraction of sp³-hybridized carbons (Fsp3) is 0.184. The predicted molar refractivity (Wildman–Crippen MR) is 200 cm³/mol.